The molecule has 0 spiro atoms. The number of hydrogen-bond acceptors (Lipinski definition) is 11. The highest BCUT2D eigenvalue weighted by atomic mass is 32.1. The van der Waals surface area contributed by atoms with E-state index < -0.39 is 5.91 Å². The molecule has 1 saturated heterocycles. The summed E-state index contributed by atoms with van der Waals surface area (Å²) in [5.41, 5.74) is 8.46. The van der Waals surface area contributed by atoms with Crippen LogP contribution in [0.2, 0.25) is 0 Å². The fraction of sp³-hybridized carbons (Fsp3) is 0.280. The van der Waals surface area contributed by atoms with Crippen molar-refractivity contribution in [3.63, 3.8) is 0 Å². The van der Waals surface area contributed by atoms with Gasteiger partial charge in [0.1, 0.15) is 5.56 Å². The zero-order valence-corrected chi connectivity index (χ0v) is 23.0. The van der Waals surface area contributed by atoms with Crippen molar-refractivity contribution in [2.75, 3.05) is 48.4 Å². The van der Waals surface area contributed by atoms with E-state index >= 15 is 0 Å². The smallest absolute Gasteiger partial charge is 0.256 e. The van der Waals surface area contributed by atoms with Crippen LogP contribution >= 0.6 is 34.0 Å². The average molecular weight is 568 g/mol. The van der Waals surface area contributed by atoms with Gasteiger partial charge >= 0.3 is 0 Å². The number of thiophene rings is 2. The summed E-state index contributed by atoms with van der Waals surface area (Å²) in [4.78, 5) is 36.6. The number of rotatable bonds is 8. The van der Waals surface area contributed by atoms with Crippen LogP contribution in [0.3, 0.4) is 0 Å². The quantitative estimate of drug-likeness (QED) is 0.248. The molecule has 0 unspecified atom stereocenters. The Balaban J connectivity index is 1.36. The Morgan fingerprint density at radius 1 is 1.18 bits per heavy atom. The summed E-state index contributed by atoms with van der Waals surface area (Å²) in [7, 11) is 0. The third-order valence-electron chi connectivity index (χ3n) is 6.23. The van der Waals surface area contributed by atoms with Gasteiger partial charge < -0.3 is 26.0 Å². The molecule has 6 rings (SSSR count). The van der Waals surface area contributed by atoms with Gasteiger partial charge in [0.05, 0.1) is 32.6 Å². The van der Waals surface area contributed by atoms with Crippen molar-refractivity contribution in [2.24, 2.45) is 5.73 Å². The number of fused-ring (bicyclic) bond motifs is 2. The van der Waals surface area contributed by atoms with Crippen LogP contribution < -0.4 is 26.7 Å². The highest BCUT2D eigenvalue weighted by Gasteiger charge is 2.21. The predicted molar refractivity (Wildman–Crippen MR) is 156 cm³/mol. The van der Waals surface area contributed by atoms with E-state index in [0.29, 0.717) is 30.6 Å². The minimum absolute atomic E-state index is 0.0421. The Hall–Kier alpha value is -3.52. The summed E-state index contributed by atoms with van der Waals surface area (Å²) in [5, 5.41) is 12.4. The lowest BCUT2D eigenvalue weighted by molar-refractivity contribution is 0.100. The molecule has 1 aliphatic rings. The van der Waals surface area contributed by atoms with Gasteiger partial charge in [0, 0.05) is 54.4 Å². The lowest BCUT2D eigenvalue weighted by atomic mass is 10.2. The first-order valence-corrected chi connectivity index (χ1v) is 14.8. The van der Waals surface area contributed by atoms with Gasteiger partial charge in [-0.15, -0.1) is 34.0 Å². The molecule has 10 nitrogen and oxygen atoms in total. The van der Waals surface area contributed by atoms with Crippen LogP contribution in [-0.2, 0) is 4.74 Å². The second-order valence-corrected chi connectivity index (χ2v) is 11.6. The maximum absolute atomic E-state index is 12.9. The Morgan fingerprint density at radius 2 is 2.03 bits per heavy atom. The van der Waals surface area contributed by atoms with Gasteiger partial charge in [-0.05, 0) is 18.1 Å². The van der Waals surface area contributed by atoms with Gasteiger partial charge in [0.15, 0.2) is 16.9 Å². The van der Waals surface area contributed by atoms with Crippen molar-refractivity contribution >= 4 is 76.7 Å². The standard InChI is InChI=1S/C25H25N7O3S3/c1-2-3-28-25-30-23(19(22(26)34)24-27-4-5-32(24)25)29-17-10-14(12-36-17)15-13-37-21-16(33)11-18(38-20(15)21)31-6-8-35-9-7-31/h4-5,10-13,29H,2-3,6-9H2,1H3,(H2,26,34)(H,28,30). The van der Waals surface area contributed by atoms with E-state index in [0.717, 1.165) is 56.6 Å². The summed E-state index contributed by atoms with van der Waals surface area (Å²) in [5.74, 6) is 0.310. The molecule has 196 valence electrons. The Kier molecular flexibility index (Phi) is 6.74. The Bertz CT molecular complexity index is 1700. The molecule has 0 bridgehead atoms. The van der Waals surface area contributed by atoms with Crippen molar-refractivity contribution < 1.29 is 9.53 Å². The zero-order chi connectivity index (χ0) is 26.2. The van der Waals surface area contributed by atoms with Gasteiger partial charge in [-0.3, -0.25) is 14.0 Å². The topological polar surface area (TPSA) is 127 Å². The molecule has 1 amide bonds. The van der Waals surface area contributed by atoms with E-state index in [9.17, 15) is 9.59 Å². The van der Waals surface area contributed by atoms with Gasteiger partial charge in [-0.1, -0.05) is 6.92 Å². The van der Waals surface area contributed by atoms with E-state index in [4.69, 9.17) is 10.5 Å². The molecule has 0 atom stereocenters. The fourth-order valence-electron chi connectivity index (χ4n) is 4.39. The molecule has 0 aromatic carbocycles. The minimum atomic E-state index is -0.612. The molecular weight excluding hydrogens is 543 g/mol. The fourth-order valence-corrected chi connectivity index (χ4v) is 7.58. The van der Waals surface area contributed by atoms with Gasteiger partial charge in [-0.2, -0.15) is 4.98 Å². The van der Waals surface area contributed by atoms with Crippen molar-refractivity contribution in [1.82, 2.24) is 14.4 Å². The average Bonchev–Trinajstić information content (AvgIpc) is 3.67. The number of nitrogens with one attached hydrogen (secondary N) is 2. The number of aromatic nitrogens is 3. The van der Waals surface area contributed by atoms with Crippen molar-refractivity contribution in [3.05, 3.63) is 51.1 Å². The van der Waals surface area contributed by atoms with Gasteiger partial charge in [-0.25, -0.2) is 4.98 Å². The summed E-state index contributed by atoms with van der Waals surface area (Å²) < 4.78 is 8.95. The van der Waals surface area contributed by atoms with E-state index in [1.165, 1.54) is 22.7 Å². The van der Waals surface area contributed by atoms with Crippen LogP contribution in [0.4, 0.5) is 21.8 Å². The molecule has 4 N–H and O–H groups in total. The number of ether oxygens (including phenoxy) is 1. The summed E-state index contributed by atoms with van der Waals surface area (Å²) >= 11 is 4.60. The number of carbonyl (C=O) groups excluding carboxylic acids is 1. The lowest BCUT2D eigenvalue weighted by Gasteiger charge is -2.28. The molecule has 38 heavy (non-hydrogen) atoms. The largest absolute Gasteiger partial charge is 0.378 e. The normalized spacial score (nSPS) is 13.9. The maximum Gasteiger partial charge on any atom is 0.256 e. The number of nitrogens with two attached hydrogens (primary N) is 1. The number of imidazole rings is 1. The summed E-state index contributed by atoms with van der Waals surface area (Å²) in [6.45, 7) is 5.67. The molecular formula is C25H25N7O3S3. The van der Waals surface area contributed by atoms with Crippen LogP contribution in [0.5, 0.6) is 0 Å². The molecule has 13 heteroatoms. The van der Waals surface area contributed by atoms with Crippen LogP contribution in [-0.4, -0.2) is 53.1 Å². The highest BCUT2D eigenvalue weighted by Crippen LogP contribution is 2.41. The van der Waals surface area contributed by atoms with Crippen LogP contribution in [0.1, 0.15) is 23.7 Å². The third kappa shape index (κ3) is 4.51. The molecule has 1 aliphatic heterocycles. The first-order valence-electron chi connectivity index (χ1n) is 12.2. The zero-order valence-electron chi connectivity index (χ0n) is 20.5. The third-order valence-corrected chi connectivity index (χ3v) is 9.41. The SMILES string of the molecule is CCCNc1nc(Nc2cc(-c3csc4c(=O)cc(N5CCOCC5)sc34)cs2)c(C(N)=O)c2nccn12. The molecule has 1 fully saturated rings. The van der Waals surface area contributed by atoms with Crippen LogP contribution in [0.15, 0.2) is 40.1 Å². The van der Waals surface area contributed by atoms with E-state index in [-0.39, 0.29) is 11.0 Å². The number of amides is 1. The number of carbonyl (C=O) groups is 1. The van der Waals surface area contributed by atoms with E-state index in [2.05, 4.69) is 32.4 Å². The molecule has 6 heterocycles. The minimum Gasteiger partial charge on any atom is -0.378 e. The van der Waals surface area contributed by atoms with Crippen molar-refractivity contribution in [2.45, 2.75) is 13.3 Å². The summed E-state index contributed by atoms with van der Waals surface area (Å²) in [6, 6.07) is 3.75. The van der Waals surface area contributed by atoms with Gasteiger partial charge in [0.25, 0.3) is 5.91 Å². The first kappa shape index (κ1) is 24.8. The Labute approximate surface area is 229 Å². The second kappa shape index (κ2) is 10.3. The maximum atomic E-state index is 12.9. The number of hydrogen-bond donors (Lipinski definition) is 3. The molecule has 5 aromatic rings. The van der Waals surface area contributed by atoms with Crippen molar-refractivity contribution in [3.8, 4) is 11.1 Å². The van der Waals surface area contributed by atoms with E-state index in [1.807, 2.05) is 16.8 Å². The first-order chi connectivity index (χ1) is 18.5. The summed E-state index contributed by atoms with van der Waals surface area (Å²) in [6.07, 6.45) is 4.28. The molecule has 0 aliphatic carbocycles. The van der Waals surface area contributed by atoms with Crippen LogP contribution in [0, 0.1) is 0 Å². The predicted octanol–water partition coefficient (Wildman–Crippen LogP) is 4.60. The number of nitrogens with zero attached hydrogens (tertiary/aromatic N) is 4. The monoisotopic (exact) mass is 567 g/mol. The number of anilines is 4. The Morgan fingerprint density at radius 3 is 2.82 bits per heavy atom. The highest BCUT2D eigenvalue weighted by molar-refractivity contribution is 7.28. The van der Waals surface area contributed by atoms with Gasteiger partial charge in [0.2, 0.25) is 5.95 Å². The second-order valence-electron chi connectivity index (χ2n) is 8.75. The van der Waals surface area contributed by atoms with Crippen molar-refractivity contribution in [1.29, 1.82) is 0 Å². The van der Waals surface area contributed by atoms with Crippen LogP contribution in [0.25, 0.3) is 26.2 Å². The van der Waals surface area contributed by atoms with E-state index in [1.54, 1.807) is 34.2 Å². The lowest BCUT2D eigenvalue weighted by Crippen LogP contribution is -2.36. The number of morpholine rings is 1. The molecule has 5 aromatic heterocycles. The molecule has 0 radical (unpaired) electrons. The molecule has 0 saturated carbocycles. The number of primary amides is 1.